The van der Waals surface area contributed by atoms with Crippen LogP contribution in [0, 0.1) is 0 Å². The minimum absolute atomic E-state index is 0.0950. The maximum absolute atomic E-state index is 12.9. The maximum atomic E-state index is 12.9. The Morgan fingerprint density at radius 1 is 1.04 bits per heavy atom. The number of ether oxygens (including phenoxy) is 2. The quantitative estimate of drug-likeness (QED) is 0.733. The van der Waals surface area contributed by atoms with Gasteiger partial charge in [-0.2, -0.15) is 0 Å². The van der Waals surface area contributed by atoms with Crippen molar-refractivity contribution in [2.75, 3.05) is 46.3 Å². The average Bonchev–Trinajstić information content (AvgIpc) is 2.64. The lowest BCUT2D eigenvalue weighted by molar-refractivity contribution is -0.132. The van der Waals surface area contributed by atoms with Gasteiger partial charge in [-0.1, -0.05) is 6.07 Å². The fraction of sp³-hybridized carbons (Fsp3) is 0.529. The standard InChI is InChI=1S/C17H23ClN2O4/c1-23-13-5-3-6-14(24-2)16(13)17(22)20-11-9-19(10-12-20)15(21)7-4-8-18/h3,5-6H,4,7-12H2,1-2H3. The first kappa shape index (κ1) is 18.4. The van der Waals surface area contributed by atoms with Crippen LogP contribution >= 0.6 is 11.6 Å². The van der Waals surface area contributed by atoms with E-state index in [0.717, 1.165) is 0 Å². The summed E-state index contributed by atoms with van der Waals surface area (Å²) in [6.45, 7) is 2.05. The molecule has 1 aliphatic heterocycles. The Hall–Kier alpha value is -1.95. The van der Waals surface area contributed by atoms with Gasteiger partial charge in [-0.25, -0.2) is 0 Å². The van der Waals surface area contributed by atoms with Crippen LogP contribution in [0.25, 0.3) is 0 Å². The molecule has 2 rings (SSSR count). The van der Waals surface area contributed by atoms with Crippen LogP contribution in [0.3, 0.4) is 0 Å². The van der Waals surface area contributed by atoms with Crippen molar-refractivity contribution in [3.8, 4) is 11.5 Å². The Balaban J connectivity index is 2.05. The second-order valence-electron chi connectivity index (χ2n) is 5.50. The number of benzene rings is 1. The molecule has 1 fully saturated rings. The Morgan fingerprint density at radius 2 is 1.58 bits per heavy atom. The topological polar surface area (TPSA) is 59.1 Å². The smallest absolute Gasteiger partial charge is 0.261 e. The zero-order valence-electron chi connectivity index (χ0n) is 14.1. The SMILES string of the molecule is COc1cccc(OC)c1C(=O)N1CCN(C(=O)CCCCl)CC1. The van der Waals surface area contributed by atoms with Gasteiger partial charge in [0.1, 0.15) is 17.1 Å². The second-order valence-corrected chi connectivity index (χ2v) is 5.88. The molecule has 132 valence electrons. The molecule has 24 heavy (non-hydrogen) atoms. The molecule has 1 heterocycles. The third-order valence-electron chi connectivity index (χ3n) is 4.09. The van der Waals surface area contributed by atoms with E-state index >= 15 is 0 Å². The van der Waals surface area contributed by atoms with Gasteiger partial charge in [0.25, 0.3) is 5.91 Å². The van der Waals surface area contributed by atoms with Crippen LogP contribution < -0.4 is 9.47 Å². The molecule has 1 aromatic rings. The van der Waals surface area contributed by atoms with E-state index in [2.05, 4.69) is 0 Å². The molecule has 0 bridgehead atoms. The molecule has 0 spiro atoms. The van der Waals surface area contributed by atoms with Gasteiger partial charge in [0.15, 0.2) is 0 Å². The van der Waals surface area contributed by atoms with Gasteiger partial charge < -0.3 is 19.3 Å². The predicted molar refractivity (Wildman–Crippen MR) is 92.0 cm³/mol. The van der Waals surface area contributed by atoms with Crippen molar-refractivity contribution in [2.45, 2.75) is 12.8 Å². The van der Waals surface area contributed by atoms with Crippen molar-refractivity contribution < 1.29 is 19.1 Å². The molecule has 0 unspecified atom stereocenters. The van der Waals surface area contributed by atoms with Crippen LogP contribution in [0.4, 0.5) is 0 Å². The molecule has 7 heteroatoms. The van der Waals surface area contributed by atoms with E-state index in [1.54, 1.807) is 28.0 Å². The Bertz CT molecular complexity index is 564. The highest BCUT2D eigenvalue weighted by atomic mass is 35.5. The number of alkyl halides is 1. The molecule has 1 saturated heterocycles. The second kappa shape index (κ2) is 8.78. The zero-order valence-corrected chi connectivity index (χ0v) is 14.8. The monoisotopic (exact) mass is 354 g/mol. The third kappa shape index (κ3) is 4.12. The van der Waals surface area contributed by atoms with Crippen molar-refractivity contribution in [1.29, 1.82) is 0 Å². The largest absolute Gasteiger partial charge is 0.496 e. The fourth-order valence-corrected chi connectivity index (χ4v) is 2.89. The minimum Gasteiger partial charge on any atom is -0.496 e. The Morgan fingerprint density at radius 3 is 2.08 bits per heavy atom. The van der Waals surface area contributed by atoms with E-state index in [0.29, 0.717) is 62.0 Å². The molecule has 1 aliphatic rings. The average molecular weight is 355 g/mol. The van der Waals surface area contributed by atoms with E-state index in [4.69, 9.17) is 21.1 Å². The first-order valence-electron chi connectivity index (χ1n) is 7.96. The number of carbonyl (C=O) groups is 2. The molecule has 0 saturated carbocycles. The molecule has 0 aromatic heterocycles. The number of nitrogens with zero attached hydrogens (tertiary/aromatic N) is 2. The van der Waals surface area contributed by atoms with E-state index in [9.17, 15) is 9.59 Å². The molecule has 0 atom stereocenters. The van der Waals surface area contributed by atoms with Crippen LogP contribution in [0.2, 0.25) is 0 Å². The molecular weight excluding hydrogens is 332 g/mol. The number of piperazine rings is 1. The van der Waals surface area contributed by atoms with Gasteiger partial charge >= 0.3 is 0 Å². The fourth-order valence-electron chi connectivity index (χ4n) is 2.76. The number of halogens is 1. The summed E-state index contributed by atoms with van der Waals surface area (Å²) in [7, 11) is 3.05. The number of carbonyl (C=O) groups excluding carboxylic acids is 2. The number of hydrogen-bond donors (Lipinski definition) is 0. The lowest BCUT2D eigenvalue weighted by Gasteiger charge is -2.35. The van der Waals surface area contributed by atoms with Crippen LogP contribution in [0.5, 0.6) is 11.5 Å². The summed E-state index contributed by atoms with van der Waals surface area (Å²) in [6.07, 6.45) is 1.13. The molecule has 0 aliphatic carbocycles. The summed E-state index contributed by atoms with van der Waals surface area (Å²) in [4.78, 5) is 28.4. The number of hydrogen-bond acceptors (Lipinski definition) is 4. The normalized spacial score (nSPS) is 14.5. The highest BCUT2D eigenvalue weighted by Gasteiger charge is 2.28. The minimum atomic E-state index is -0.142. The van der Waals surface area contributed by atoms with Gasteiger partial charge in [-0.05, 0) is 18.6 Å². The van der Waals surface area contributed by atoms with Gasteiger partial charge in [-0.3, -0.25) is 9.59 Å². The lowest BCUT2D eigenvalue weighted by atomic mass is 10.1. The summed E-state index contributed by atoms with van der Waals surface area (Å²) in [5, 5.41) is 0. The van der Waals surface area contributed by atoms with E-state index in [1.165, 1.54) is 14.2 Å². The first-order valence-corrected chi connectivity index (χ1v) is 8.49. The third-order valence-corrected chi connectivity index (χ3v) is 4.35. The summed E-state index contributed by atoms with van der Waals surface area (Å²) >= 11 is 5.63. The maximum Gasteiger partial charge on any atom is 0.261 e. The van der Waals surface area contributed by atoms with Crippen LogP contribution in [0.15, 0.2) is 18.2 Å². The summed E-state index contributed by atoms with van der Waals surface area (Å²) < 4.78 is 10.6. The van der Waals surface area contributed by atoms with Crippen molar-refractivity contribution in [2.24, 2.45) is 0 Å². The molecule has 0 radical (unpaired) electrons. The van der Waals surface area contributed by atoms with Crippen LogP contribution in [-0.2, 0) is 4.79 Å². The zero-order chi connectivity index (χ0) is 17.5. The van der Waals surface area contributed by atoms with E-state index in [1.807, 2.05) is 0 Å². The first-order chi connectivity index (χ1) is 11.6. The number of amides is 2. The van der Waals surface area contributed by atoms with E-state index in [-0.39, 0.29) is 11.8 Å². The Kier molecular flexibility index (Phi) is 6.73. The van der Waals surface area contributed by atoms with Crippen LogP contribution in [0.1, 0.15) is 23.2 Å². The Labute approximate surface area is 147 Å². The highest BCUT2D eigenvalue weighted by Crippen LogP contribution is 2.29. The molecule has 0 N–H and O–H groups in total. The summed E-state index contributed by atoms with van der Waals surface area (Å²) in [6, 6.07) is 5.26. The predicted octanol–water partition coefficient (Wildman–Crippen LogP) is 2.01. The van der Waals surface area contributed by atoms with Gasteiger partial charge in [0.05, 0.1) is 14.2 Å². The molecule has 6 nitrogen and oxygen atoms in total. The van der Waals surface area contributed by atoms with Gasteiger partial charge in [0.2, 0.25) is 5.91 Å². The van der Waals surface area contributed by atoms with Gasteiger partial charge in [-0.15, -0.1) is 11.6 Å². The summed E-state index contributed by atoms with van der Waals surface area (Å²) in [5.74, 6) is 1.41. The molecular formula is C17H23ClN2O4. The van der Waals surface area contributed by atoms with Crippen molar-refractivity contribution in [3.05, 3.63) is 23.8 Å². The number of rotatable bonds is 6. The molecule has 2 amide bonds. The number of methoxy groups -OCH3 is 2. The summed E-state index contributed by atoms with van der Waals surface area (Å²) in [5.41, 5.74) is 0.421. The van der Waals surface area contributed by atoms with Gasteiger partial charge in [0, 0.05) is 38.5 Å². The lowest BCUT2D eigenvalue weighted by Crippen LogP contribution is -2.50. The van der Waals surface area contributed by atoms with Crippen LogP contribution in [-0.4, -0.2) is 67.9 Å². The van der Waals surface area contributed by atoms with Crippen molar-refractivity contribution in [1.82, 2.24) is 9.80 Å². The molecule has 1 aromatic carbocycles. The van der Waals surface area contributed by atoms with Crippen molar-refractivity contribution in [3.63, 3.8) is 0 Å². The highest BCUT2D eigenvalue weighted by molar-refractivity contribution is 6.17. The van der Waals surface area contributed by atoms with E-state index < -0.39 is 0 Å². The van der Waals surface area contributed by atoms with Crippen molar-refractivity contribution >= 4 is 23.4 Å².